The van der Waals surface area contributed by atoms with E-state index in [9.17, 15) is 14.4 Å². The molecule has 194 valence electrons. The van der Waals surface area contributed by atoms with E-state index in [4.69, 9.17) is 11.6 Å². The number of rotatable bonds is 8. The average molecular weight is 529 g/mol. The highest BCUT2D eigenvalue weighted by Gasteiger charge is 2.46. The number of amides is 4. The van der Waals surface area contributed by atoms with Gasteiger partial charge < -0.3 is 15.5 Å². The summed E-state index contributed by atoms with van der Waals surface area (Å²) in [6.45, 7) is 2.81. The molecule has 4 amide bonds. The normalized spacial score (nSPS) is 17.8. The van der Waals surface area contributed by atoms with Crippen LogP contribution in [0.2, 0.25) is 5.02 Å². The van der Waals surface area contributed by atoms with Crippen molar-refractivity contribution in [2.24, 2.45) is 0 Å². The monoisotopic (exact) mass is 528 g/mol. The Morgan fingerprint density at radius 3 is 2.24 bits per heavy atom. The van der Waals surface area contributed by atoms with E-state index in [1.54, 1.807) is 21.9 Å². The molecule has 2 aliphatic heterocycles. The summed E-state index contributed by atoms with van der Waals surface area (Å²) < 4.78 is 0. The lowest BCUT2D eigenvalue weighted by Gasteiger charge is -2.32. The van der Waals surface area contributed by atoms with E-state index in [0.717, 1.165) is 16.7 Å². The average Bonchev–Trinajstić information content (AvgIpc) is 3.28. The molecule has 38 heavy (non-hydrogen) atoms. The van der Waals surface area contributed by atoms with Gasteiger partial charge in [-0.15, -0.1) is 0 Å². The van der Waals surface area contributed by atoms with Crippen LogP contribution < -0.4 is 10.6 Å². The molecule has 7 nitrogen and oxygen atoms in total. The van der Waals surface area contributed by atoms with Gasteiger partial charge in [-0.05, 0) is 35.7 Å². The van der Waals surface area contributed by atoms with Gasteiger partial charge in [-0.3, -0.25) is 14.5 Å². The fourth-order valence-electron chi connectivity index (χ4n) is 5.09. The van der Waals surface area contributed by atoms with Crippen LogP contribution in [0.4, 0.5) is 4.79 Å². The Morgan fingerprint density at radius 2 is 1.61 bits per heavy atom. The Balaban J connectivity index is 1.47. The molecule has 0 bridgehead atoms. The Kier molecular flexibility index (Phi) is 7.47. The van der Waals surface area contributed by atoms with Crippen molar-refractivity contribution >= 4 is 29.4 Å². The van der Waals surface area contributed by atoms with Gasteiger partial charge in [0, 0.05) is 24.5 Å². The molecular formula is C30H29ClN4O3. The van der Waals surface area contributed by atoms with E-state index in [2.05, 4.69) is 10.6 Å². The molecule has 0 saturated carbocycles. The molecule has 0 fully saturated rings. The summed E-state index contributed by atoms with van der Waals surface area (Å²) in [6, 6.07) is 24.8. The highest BCUT2D eigenvalue weighted by molar-refractivity contribution is 6.30. The van der Waals surface area contributed by atoms with Crippen molar-refractivity contribution in [3.05, 3.63) is 118 Å². The molecule has 0 aromatic heterocycles. The third kappa shape index (κ3) is 5.15. The van der Waals surface area contributed by atoms with Crippen LogP contribution >= 0.6 is 11.6 Å². The van der Waals surface area contributed by atoms with Gasteiger partial charge in [0.1, 0.15) is 6.04 Å². The van der Waals surface area contributed by atoms with Gasteiger partial charge in [0.05, 0.1) is 23.9 Å². The molecule has 0 saturated heterocycles. The van der Waals surface area contributed by atoms with Crippen molar-refractivity contribution < 1.29 is 14.4 Å². The predicted octanol–water partition coefficient (Wildman–Crippen LogP) is 4.45. The maximum Gasteiger partial charge on any atom is 0.322 e. The quantitative estimate of drug-likeness (QED) is 0.453. The van der Waals surface area contributed by atoms with Crippen molar-refractivity contribution in [1.82, 2.24) is 20.4 Å². The van der Waals surface area contributed by atoms with E-state index < -0.39 is 12.1 Å². The van der Waals surface area contributed by atoms with Crippen LogP contribution in [0.1, 0.15) is 29.7 Å². The van der Waals surface area contributed by atoms with Crippen LogP contribution in [0.5, 0.6) is 0 Å². The second kappa shape index (κ2) is 11.1. The first-order chi connectivity index (χ1) is 18.5. The first-order valence-electron chi connectivity index (χ1n) is 12.7. The van der Waals surface area contributed by atoms with Crippen LogP contribution in [-0.4, -0.2) is 46.8 Å². The number of likely N-dealkylation sites (N-methyl/N-ethyl adjacent to an activating group) is 1. The number of halogens is 1. The Labute approximate surface area is 227 Å². The summed E-state index contributed by atoms with van der Waals surface area (Å²) in [5.74, 6) is -0.495. The molecule has 2 unspecified atom stereocenters. The number of urea groups is 1. The third-order valence-corrected chi connectivity index (χ3v) is 7.28. The zero-order valence-corrected chi connectivity index (χ0v) is 21.8. The van der Waals surface area contributed by atoms with Crippen LogP contribution in [0.25, 0.3) is 0 Å². The summed E-state index contributed by atoms with van der Waals surface area (Å²) in [5.41, 5.74) is 3.80. The lowest BCUT2D eigenvalue weighted by atomic mass is 9.95. The Morgan fingerprint density at radius 1 is 0.974 bits per heavy atom. The highest BCUT2D eigenvalue weighted by Crippen LogP contribution is 2.37. The van der Waals surface area contributed by atoms with Gasteiger partial charge in [0.2, 0.25) is 5.91 Å². The minimum absolute atomic E-state index is 0.176. The molecule has 2 aliphatic rings. The molecule has 3 aromatic rings. The van der Waals surface area contributed by atoms with Gasteiger partial charge in [-0.2, -0.15) is 0 Å². The van der Waals surface area contributed by atoms with E-state index in [1.165, 1.54) is 0 Å². The molecule has 0 radical (unpaired) electrons. The fraction of sp³-hybridized carbons (Fsp3) is 0.233. The number of carbonyl (C=O) groups is 3. The van der Waals surface area contributed by atoms with Gasteiger partial charge in [0.15, 0.2) is 0 Å². The Hall–Kier alpha value is -4.10. The summed E-state index contributed by atoms with van der Waals surface area (Å²) in [6.07, 6.45) is 0.354. The van der Waals surface area contributed by atoms with E-state index in [-0.39, 0.29) is 24.4 Å². The van der Waals surface area contributed by atoms with Gasteiger partial charge >= 0.3 is 6.03 Å². The molecule has 2 heterocycles. The van der Waals surface area contributed by atoms with Crippen molar-refractivity contribution in [3.63, 3.8) is 0 Å². The highest BCUT2D eigenvalue weighted by atomic mass is 35.5. The number of nitrogens with zero attached hydrogens (tertiary/aromatic N) is 2. The largest absolute Gasteiger partial charge is 0.350 e. The molecule has 2 N–H and O–H groups in total. The molecule has 3 aromatic carbocycles. The second-order valence-corrected chi connectivity index (χ2v) is 9.82. The zero-order chi connectivity index (χ0) is 26.6. The number of hydrogen-bond donors (Lipinski definition) is 2. The number of nitrogens with one attached hydrogen (secondary N) is 2. The minimum Gasteiger partial charge on any atom is -0.350 e. The molecular weight excluding hydrogens is 500 g/mol. The van der Waals surface area contributed by atoms with Crippen LogP contribution in [0.3, 0.4) is 0 Å². The Bertz CT molecular complexity index is 1360. The molecule has 8 heteroatoms. The lowest BCUT2D eigenvalue weighted by molar-refractivity contribution is -0.136. The predicted molar refractivity (Wildman–Crippen MR) is 146 cm³/mol. The van der Waals surface area contributed by atoms with Crippen LogP contribution in [0.15, 0.2) is 96.2 Å². The number of benzene rings is 3. The van der Waals surface area contributed by atoms with Crippen molar-refractivity contribution in [3.8, 4) is 0 Å². The minimum atomic E-state index is -0.751. The van der Waals surface area contributed by atoms with E-state index >= 15 is 0 Å². The standard InChI is InChI=1S/C30H29ClN4O3/c1-2-34-25-19-35(29(37)26(25)27(33-30(34)38)22-13-15-23(31)16-14-22)24(17-20-9-5-3-6-10-20)28(36)32-18-21-11-7-4-8-12-21/h3-16,24,27H,2,17-19H2,1H3,(H,32,36)(H,33,38). The first kappa shape index (κ1) is 25.5. The summed E-state index contributed by atoms with van der Waals surface area (Å²) in [4.78, 5) is 43.9. The van der Waals surface area contributed by atoms with Crippen LogP contribution in [0, 0.1) is 0 Å². The van der Waals surface area contributed by atoms with E-state index in [1.807, 2.05) is 79.7 Å². The van der Waals surface area contributed by atoms with Crippen LogP contribution in [-0.2, 0) is 22.6 Å². The summed E-state index contributed by atoms with van der Waals surface area (Å²) in [5, 5.41) is 6.56. The number of carbonyl (C=O) groups excluding carboxylic acids is 3. The zero-order valence-electron chi connectivity index (χ0n) is 21.1. The molecule has 2 atom stereocenters. The summed E-state index contributed by atoms with van der Waals surface area (Å²) in [7, 11) is 0. The lowest BCUT2D eigenvalue weighted by Crippen LogP contribution is -2.49. The maximum atomic E-state index is 14.1. The smallest absolute Gasteiger partial charge is 0.322 e. The van der Waals surface area contributed by atoms with Gasteiger partial charge in [0.25, 0.3) is 5.91 Å². The summed E-state index contributed by atoms with van der Waals surface area (Å²) >= 11 is 6.09. The van der Waals surface area contributed by atoms with Crippen molar-refractivity contribution in [2.75, 3.05) is 13.1 Å². The second-order valence-electron chi connectivity index (χ2n) is 9.38. The third-order valence-electron chi connectivity index (χ3n) is 7.03. The molecule has 5 rings (SSSR count). The number of hydrogen-bond acceptors (Lipinski definition) is 3. The maximum absolute atomic E-state index is 14.1. The topological polar surface area (TPSA) is 81.8 Å². The van der Waals surface area contributed by atoms with E-state index in [0.29, 0.717) is 35.8 Å². The van der Waals surface area contributed by atoms with Gasteiger partial charge in [-0.1, -0.05) is 84.4 Å². The molecule has 0 aliphatic carbocycles. The SMILES string of the molecule is CCN1C(=O)NC(c2ccc(Cl)cc2)C2=C1CN(C(Cc1ccccc1)C(=O)NCc1ccccc1)C2=O. The molecule has 0 spiro atoms. The first-order valence-corrected chi connectivity index (χ1v) is 13.1. The fourth-order valence-corrected chi connectivity index (χ4v) is 5.22. The van der Waals surface area contributed by atoms with Crippen molar-refractivity contribution in [1.29, 1.82) is 0 Å². The van der Waals surface area contributed by atoms with Gasteiger partial charge in [-0.25, -0.2) is 4.79 Å². The van der Waals surface area contributed by atoms with Crippen molar-refractivity contribution in [2.45, 2.75) is 32.0 Å².